The van der Waals surface area contributed by atoms with E-state index in [1.807, 2.05) is 20.8 Å². The summed E-state index contributed by atoms with van der Waals surface area (Å²) in [4.78, 5) is 18.7. The van der Waals surface area contributed by atoms with E-state index in [1.54, 1.807) is 0 Å². The normalized spacial score (nSPS) is 10.7. The largest absolute Gasteiger partial charge is 0.298 e. The maximum Gasteiger partial charge on any atom is 0.193 e. The van der Waals surface area contributed by atoms with Crippen molar-refractivity contribution in [3.05, 3.63) is 46.3 Å². The van der Waals surface area contributed by atoms with E-state index in [4.69, 9.17) is 0 Å². The molecule has 3 nitrogen and oxygen atoms in total. The number of aromatic nitrogens is 2. The zero-order valence-electron chi connectivity index (χ0n) is 11.2. The first kappa shape index (κ1) is 14.6. The minimum atomic E-state index is -0.795. The summed E-state index contributed by atoms with van der Waals surface area (Å²) < 4.78 is 27.6. The lowest BCUT2D eigenvalue weighted by atomic mass is 10.2. The predicted molar refractivity (Wildman–Crippen MR) is 72.1 cm³/mol. The van der Waals surface area contributed by atoms with Crippen LogP contribution in [0.5, 0.6) is 0 Å². The molecule has 0 atom stereocenters. The first-order valence-corrected chi connectivity index (χ1v) is 6.68. The summed E-state index contributed by atoms with van der Waals surface area (Å²) in [7, 11) is 0. The number of carbonyl (C=O) groups is 1. The van der Waals surface area contributed by atoms with E-state index in [9.17, 15) is 13.6 Å². The number of aryl methyl sites for hydroxylation is 2. The number of carbonyl (C=O) groups excluding carboxylic acids is 1. The highest BCUT2D eigenvalue weighted by molar-refractivity contribution is 7.99. The standard InChI is InChI=1S/C14H12F2N2OS/c1-7-8(2)17-14(18-9(7)3)20-13-11(15)4-10(6-19)5-12(13)16/h4-6H,1-3H3. The Hall–Kier alpha value is -1.82. The molecule has 104 valence electrons. The fourth-order valence-electron chi connectivity index (χ4n) is 1.62. The van der Waals surface area contributed by atoms with Crippen LogP contribution in [0, 0.1) is 32.4 Å². The Labute approximate surface area is 119 Å². The number of benzene rings is 1. The number of hydrogen-bond acceptors (Lipinski definition) is 4. The van der Waals surface area contributed by atoms with Crippen LogP contribution in [0.25, 0.3) is 0 Å². The highest BCUT2D eigenvalue weighted by Crippen LogP contribution is 2.31. The van der Waals surface area contributed by atoms with E-state index in [0.29, 0.717) is 6.29 Å². The SMILES string of the molecule is Cc1nc(Sc2c(F)cc(C=O)cc2F)nc(C)c1C. The quantitative estimate of drug-likeness (QED) is 0.640. The van der Waals surface area contributed by atoms with E-state index in [-0.39, 0.29) is 15.6 Å². The average molecular weight is 294 g/mol. The molecule has 0 aliphatic rings. The van der Waals surface area contributed by atoms with Gasteiger partial charge in [0.25, 0.3) is 0 Å². The minimum absolute atomic E-state index is 0.0402. The highest BCUT2D eigenvalue weighted by Gasteiger charge is 2.15. The Morgan fingerprint density at radius 2 is 1.55 bits per heavy atom. The zero-order chi connectivity index (χ0) is 14.9. The Kier molecular flexibility index (Phi) is 4.13. The molecule has 0 N–H and O–H groups in total. The topological polar surface area (TPSA) is 42.9 Å². The van der Waals surface area contributed by atoms with E-state index >= 15 is 0 Å². The molecule has 0 saturated heterocycles. The first-order valence-electron chi connectivity index (χ1n) is 5.86. The maximum atomic E-state index is 13.8. The third-order valence-electron chi connectivity index (χ3n) is 2.96. The molecule has 1 aromatic carbocycles. The average Bonchev–Trinajstić information content (AvgIpc) is 2.39. The van der Waals surface area contributed by atoms with Crippen molar-refractivity contribution in [2.45, 2.75) is 30.8 Å². The Balaban J connectivity index is 2.42. The van der Waals surface area contributed by atoms with Gasteiger partial charge < -0.3 is 0 Å². The summed E-state index contributed by atoms with van der Waals surface area (Å²) in [6.45, 7) is 5.52. The van der Waals surface area contributed by atoms with Gasteiger partial charge in [-0.2, -0.15) is 0 Å². The van der Waals surface area contributed by atoms with Gasteiger partial charge in [0.1, 0.15) is 17.9 Å². The number of aldehydes is 1. The van der Waals surface area contributed by atoms with Gasteiger partial charge in [-0.1, -0.05) is 0 Å². The summed E-state index contributed by atoms with van der Waals surface area (Å²) >= 11 is 0.809. The van der Waals surface area contributed by atoms with Crippen LogP contribution < -0.4 is 0 Å². The van der Waals surface area contributed by atoms with E-state index in [0.717, 1.165) is 40.8 Å². The number of halogens is 2. The molecular weight excluding hydrogens is 282 g/mol. The van der Waals surface area contributed by atoms with Crippen LogP contribution in [0.15, 0.2) is 22.2 Å². The lowest BCUT2D eigenvalue weighted by Crippen LogP contribution is -1.99. The summed E-state index contributed by atoms with van der Waals surface area (Å²) in [6, 6.07) is 1.98. The van der Waals surface area contributed by atoms with Crippen LogP contribution in [0.1, 0.15) is 27.3 Å². The molecule has 0 spiro atoms. The lowest BCUT2D eigenvalue weighted by molar-refractivity contribution is 0.112. The Bertz CT molecular complexity index is 643. The van der Waals surface area contributed by atoms with Gasteiger partial charge in [0.05, 0.1) is 4.90 Å². The van der Waals surface area contributed by atoms with Gasteiger partial charge in [0, 0.05) is 17.0 Å². The van der Waals surface area contributed by atoms with Gasteiger partial charge in [-0.25, -0.2) is 18.7 Å². The van der Waals surface area contributed by atoms with Crippen LogP contribution in [-0.2, 0) is 0 Å². The third kappa shape index (κ3) is 2.85. The molecule has 0 unspecified atom stereocenters. The van der Waals surface area contributed by atoms with Crippen molar-refractivity contribution in [3.8, 4) is 0 Å². The molecular formula is C14H12F2N2OS. The minimum Gasteiger partial charge on any atom is -0.298 e. The molecule has 0 fully saturated rings. The van der Waals surface area contributed by atoms with Crippen molar-refractivity contribution in [1.82, 2.24) is 9.97 Å². The van der Waals surface area contributed by atoms with Crippen molar-refractivity contribution >= 4 is 18.0 Å². The van der Waals surface area contributed by atoms with Crippen LogP contribution in [0.3, 0.4) is 0 Å². The van der Waals surface area contributed by atoms with Gasteiger partial charge in [-0.3, -0.25) is 4.79 Å². The molecule has 2 aromatic rings. The highest BCUT2D eigenvalue weighted by atomic mass is 32.2. The molecule has 0 amide bonds. The van der Waals surface area contributed by atoms with Gasteiger partial charge >= 0.3 is 0 Å². The second-order valence-electron chi connectivity index (χ2n) is 4.34. The van der Waals surface area contributed by atoms with Crippen LogP contribution >= 0.6 is 11.8 Å². The molecule has 0 aliphatic heterocycles. The zero-order valence-corrected chi connectivity index (χ0v) is 12.0. The molecule has 2 rings (SSSR count). The second-order valence-corrected chi connectivity index (χ2v) is 5.31. The van der Waals surface area contributed by atoms with Crippen LogP contribution in [-0.4, -0.2) is 16.3 Å². The van der Waals surface area contributed by atoms with Crippen molar-refractivity contribution in [2.24, 2.45) is 0 Å². The third-order valence-corrected chi connectivity index (χ3v) is 3.92. The fourth-order valence-corrected chi connectivity index (χ4v) is 2.48. The number of nitrogens with zero attached hydrogens (tertiary/aromatic N) is 2. The molecule has 6 heteroatoms. The molecule has 0 radical (unpaired) electrons. The van der Waals surface area contributed by atoms with Crippen LogP contribution in [0.2, 0.25) is 0 Å². The summed E-state index contributed by atoms with van der Waals surface area (Å²) in [6.07, 6.45) is 0.400. The van der Waals surface area contributed by atoms with Gasteiger partial charge in [-0.15, -0.1) is 0 Å². The van der Waals surface area contributed by atoms with Crippen molar-refractivity contribution in [1.29, 1.82) is 0 Å². The summed E-state index contributed by atoms with van der Waals surface area (Å²) in [5.74, 6) is -1.59. The van der Waals surface area contributed by atoms with E-state index in [1.165, 1.54) is 0 Å². The Morgan fingerprint density at radius 1 is 1.05 bits per heavy atom. The van der Waals surface area contributed by atoms with Crippen molar-refractivity contribution in [2.75, 3.05) is 0 Å². The molecule has 0 saturated carbocycles. The molecule has 0 aliphatic carbocycles. The van der Waals surface area contributed by atoms with Crippen LogP contribution in [0.4, 0.5) is 8.78 Å². The molecule has 0 bridgehead atoms. The monoisotopic (exact) mass is 294 g/mol. The predicted octanol–water partition coefficient (Wildman–Crippen LogP) is 3.64. The van der Waals surface area contributed by atoms with Gasteiger partial charge in [-0.05, 0) is 50.2 Å². The second kappa shape index (κ2) is 5.66. The van der Waals surface area contributed by atoms with Crippen molar-refractivity contribution < 1.29 is 13.6 Å². The summed E-state index contributed by atoms with van der Waals surface area (Å²) in [5, 5.41) is 0.280. The first-order chi connectivity index (χ1) is 9.42. The number of hydrogen-bond donors (Lipinski definition) is 0. The molecule has 20 heavy (non-hydrogen) atoms. The van der Waals surface area contributed by atoms with E-state index < -0.39 is 11.6 Å². The number of rotatable bonds is 3. The molecule has 1 aromatic heterocycles. The summed E-state index contributed by atoms with van der Waals surface area (Å²) in [5.41, 5.74) is 2.45. The lowest BCUT2D eigenvalue weighted by Gasteiger charge is -2.08. The van der Waals surface area contributed by atoms with Gasteiger partial charge in [0.2, 0.25) is 0 Å². The van der Waals surface area contributed by atoms with Gasteiger partial charge in [0.15, 0.2) is 5.16 Å². The van der Waals surface area contributed by atoms with Crippen molar-refractivity contribution in [3.63, 3.8) is 0 Å². The maximum absolute atomic E-state index is 13.8. The van der Waals surface area contributed by atoms with E-state index in [2.05, 4.69) is 9.97 Å². The molecule has 1 heterocycles. The smallest absolute Gasteiger partial charge is 0.193 e. The Morgan fingerprint density at radius 3 is 2.00 bits per heavy atom. The fraction of sp³-hybridized carbons (Fsp3) is 0.214.